The van der Waals surface area contributed by atoms with Crippen LogP contribution in [-0.2, 0) is 12.8 Å². The van der Waals surface area contributed by atoms with Gasteiger partial charge in [-0.1, -0.05) is 18.1 Å². The summed E-state index contributed by atoms with van der Waals surface area (Å²) in [5, 5.41) is 4.00. The Morgan fingerprint density at radius 1 is 1.33 bits per heavy atom. The van der Waals surface area contributed by atoms with Gasteiger partial charge in [0.15, 0.2) is 5.76 Å². The zero-order valence-corrected chi connectivity index (χ0v) is 10.8. The minimum atomic E-state index is 0.568. The molecule has 2 rings (SSSR count). The van der Waals surface area contributed by atoms with Crippen LogP contribution in [0.5, 0.6) is 5.75 Å². The monoisotopic (exact) mass is 246 g/mol. The molecular weight excluding hydrogens is 228 g/mol. The quantitative estimate of drug-likeness (QED) is 0.880. The third-order valence-electron chi connectivity index (χ3n) is 2.90. The lowest BCUT2D eigenvalue weighted by Gasteiger charge is -2.07. The van der Waals surface area contributed by atoms with Crippen LogP contribution in [-0.4, -0.2) is 18.8 Å². The molecule has 96 valence electrons. The van der Waals surface area contributed by atoms with Crippen molar-refractivity contribution in [2.75, 3.05) is 13.7 Å². The van der Waals surface area contributed by atoms with E-state index in [2.05, 4.69) is 24.2 Å². The van der Waals surface area contributed by atoms with E-state index in [-0.39, 0.29) is 0 Å². The number of hydrogen-bond acceptors (Lipinski definition) is 4. The van der Waals surface area contributed by atoms with E-state index in [4.69, 9.17) is 15.0 Å². The van der Waals surface area contributed by atoms with Crippen molar-refractivity contribution in [2.45, 2.75) is 19.8 Å². The third kappa shape index (κ3) is 2.54. The van der Waals surface area contributed by atoms with Crippen LogP contribution in [0.2, 0.25) is 0 Å². The maximum absolute atomic E-state index is 5.50. The topological polar surface area (TPSA) is 61.3 Å². The van der Waals surface area contributed by atoms with Crippen molar-refractivity contribution in [1.82, 2.24) is 5.16 Å². The maximum Gasteiger partial charge on any atom is 0.170 e. The molecule has 0 saturated heterocycles. The van der Waals surface area contributed by atoms with Crippen LogP contribution in [0.4, 0.5) is 0 Å². The highest BCUT2D eigenvalue weighted by Crippen LogP contribution is 2.31. The summed E-state index contributed by atoms with van der Waals surface area (Å²) in [6, 6.07) is 8.01. The molecule has 0 atom stereocenters. The largest absolute Gasteiger partial charge is 0.496 e. The van der Waals surface area contributed by atoms with Gasteiger partial charge < -0.3 is 15.0 Å². The van der Waals surface area contributed by atoms with E-state index in [0.717, 1.165) is 35.6 Å². The molecule has 0 amide bonds. The number of methoxy groups -OCH3 is 1. The molecule has 0 radical (unpaired) electrons. The Hall–Kier alpha value is -1.81. The lowest BCUT2D eigenvalue weighted by Crippen LogP contribution is -2.02. The average molecular weight is 246 g/mol. The molecule has 0 unspecified atom stereocenters. The van der Waals surface area contributed by atoms with Crippen LogP contribution in [0, 0.1) is 0 Å². The first-order valence-corrected chi connectivity index (χ1v) is 6.11. The second-order valence-corrected chi connectivity index (χ2v) is 4.11. The van der Waals surface area contributed by atoms with Gasteiger partial charge in [-0.2, -0.15) is 0 Å². The maximum atomic E-state index is 5.50. The van der Waals surface area contributed by atoms with Gasteiger partial charge in [0.1, 0.15) is 5.75 Å². The molecule has 0 aliphatic carbocycles. The number of benzene rings is 1. The molecule has 0 fully saturated rings. The number of nitrogens with zero attached hydrogens (tertiary/aromatic N) is 1. The predicted molar refractivity (Wildman–Crippen MR) is 70.6 cm³/mol. The lowest BCUT2D eigenvalue weighted by molar-refractivity contribution is 0.403. The van der Waals surface area contributed by atoms with E-state index in [9.17, 15) is 0 Å². The van der Waals surface area contributed by atoms with Crippen molar-refractivity contribution in [2.24, 2.45) is 5.73 Å². The summed E-state index contributed by atoms with van der Waals surface area (Å²) in [7, 11) is 1.65. The molecule has 4 nitrogen and oxygen atoms in total. The van der Waals surface area contributed by atoms with Gasteiger partial charge >= 0.3 is 0 Å². The number of nitrogens with two attached hydrogens (primary N) is 1. The molecule has 4 heteroatoms. The normalized spacial score (nSPS) is 10.6. The van der Waals surface area contributed by atoms with Gasteiger partial charge in [-0.3, -0.25) is 0 Å². The van der Waals surface area contributed by atoms with Crippen LogP contribution < -0.4 is 10.5 Å². The number of aromatic nitrogens is 1. The van der Waals surface area contributed by atoms with Crippen LogP contribution in [0.25, 0.3) is 11.3 Å². The third-order valence-corrected chi connectivity index (χ3v) is 2.90. The molecule has 2 aromatic rings. The van der Waals surface area contributed by atoms with Crippen molar-refractivity contribution < 1.29 is 9.26 Å². The highest BCUT2D eigenvalue weighted by Gasteiger charge is 2.12. The lowest BCUT2D eigenvalue weighted by atomic mass is 10.1. The van der Waals surface area contributed by atoms with Crippen molar-refractivity contribution in [3.05, 3.63) is 35.5 Å². The minimum absolute atomic E-state index is 0.568. The molecule has 0 aliphatic rings. The fraction of sp³-hybridized carbons (Fsp3) is 0.357. The highest BCUT2D eigenvalue weighted by molar-refractivity contribution is 5.66. The van der Waals surface area contributed by atoms with Gasteiger partial charge in [0.2, 0.25) is 0 Å². The van der Waals surface area contributed by atoms with E-state index in [1.54, 1.807) is 7.11 Å². The summed E-state index contributed by atoms with van der Waals surface area (Å²) in [6.07, 6.45) is 1.69. The summed E-state index contributed by atoms with van der Waals surface area (Å²) in [5.41, 5.74) is 8.55. The van der Waals surface area contributed by atoms with Crippen LogP contribution in [0.1, 0.15) is 18.2 Å². The molecule has 1 aromatic heterocycles. The zero-order chi connectivity index (χ0) is 13.0. The van der Waals surface area contributed by atoms with Gasteiger partial charge in [0.25, 0.3) is 0 Å². The van der Waals surface area contributed by atoms with E-state index >= 15 is 0 Å². The Bertz CT molecular complexity index is 520. The fourth-order valence-electron chi connectivity index (χ4n) is 1.87. The molecule has 0 spiro atoms. The summed E-state index contributed by atoms with van der Waals surface area (Å²) >= 11 is 0. The smallest absolute Gasteiger partial charge is 0.170 e. The number of rotatable bonds is 5. The Kier molecular flexibility index (Phi) is 3.99. The van der Waals surface area contributed by atoms with Gasteiger partial charge in [-0.15, -0.1) is 0 Å². The standard InChI is InChI=1S/C14H18N2O2/c1-3-10-4-5-13(17-2)12(8-10)14-9-11(6-7-15)16-18-14/h4-5,8-9H,3,6-7,15H2,1-2H3. The van der Waals surface area contributed by atoms with Crippen LogP contribution in [0.15, 0.2) is 28.8 Å². The van der Waals surface area contributed by atoms with Crippen molar-refractivity contribution in [3.63, 3.8) is 0 Å². The minimum Gasteiger partial charge on any atom is -0.496 e. The van der Waals surface area contributed by atoms with Crippen molar-refractivity contribution in [3.8, 4) is 17.1 Å². The summed E-state index contributed by atoms with van der Waals surface area (Å²) < 4.78 is 10.7. The Balaban J connectivity index is 2.40. The second kappa shape index (κ2) is 5.69. The zero-order valence-electron chi connectivity index (χ0n) is 10.8. The molecule has 1 aromatic carbocycles. The molecule has 0 bridgehead atoms. The Morgan fingerprint density at radius 2 is 2.17 bits per heavy atom. The average Bonchev–Trinajstić information content (AvgIpc) is 2.87. The van der Waals surface area contributed by atoms with Crippen molar-refractivity contribution in [1.29, 1.82) is 0 Å². The van der Waals surface area contributed by atoms with E-state index in [0.29, 0.717) is 6.54 Å². The van der Waals surface area contributed by atoms with E-state index < -0.39 is 0 Å². The second-order valence-electron chi connectivity index (χ2n) is 4.11. The molecule has 0 saturated carbocycles. The number of ether oxygens (including phenoxy) is 1. The molecule has 0 aliphatic heterocycles. The Labute approximate surface area is 107 Å². The first-order chi connectivity index (χ1) is 8.78. The van der Waals surface area contributed by atoms with Gasteiger partial charge in [-0.05, 0) is 30.7 Å². The Morgan fingerprint density at radius 3 is 2.83 bits per heavy atom. The SMILES string of the molecule is CCc1ccc(OC)c(-c2cc(CCN)no2)c1. The van der Waals surface area contributed by atoms with E-state index in [1.807, 2.05) is 12.1 Å². The predicted octanol–water partition coefficient (Wildman–Crippen LogP) is 2.41. The van der Waals surface area contributed by atoms with E-state index in [1.165, 1.54) is 5.56 Å². The first-order valence-electron chi connectivity index (χ1n) is 6.11. The van der Waals surface area contributed by atoms with Gasteiger partial charge in [0, 0.05) is 12.5 Å². The summed E-state index contributed by atoms with van der Waals surface area (Å²) in [6.45, 7) is 2.68. The molecule has 2 N–H and O–H groups in total. The first kappa shape index (κ1) is 12.6. The summed E-state index contributed by atoms with van der Waals surface area (Å²) in [5.74, 6) is 1.52. The van der Waals surface area contributed by atoms with Gasteiger partial charge in [0.05, 0.1) is 18.4 Å². The molecule has 18 heavy (non-hydrogen) atoms. The molecule has 1 heterocycles. The molecular formula is C14H18N2O2. The van der Waals surface area contributed by atoms with Gasteiger partial charge in [-0.25, -0.2) is 0 Å². The summed E-state index contributed by atoms with van der Waals surface area (Å²) in [4.78, 5) is 0. The van der Waals surface area contributed by atoms with Crippen LogP contribution >= 0.6 is 0 Å². The number of hydrogen-bond donors (Lipinski definition) is 1. The highest BCUT2D eigenvalue weighted by atomic mass is 16.5. The van der Waals surface area contributed by atoms with Crippen molar-refractivity contribution >= 4 is 0 Å². The number of aryl methyl sites for hydroxylation is 1. The van der Waals surface area contributed by atoms with Crippen LogP contribution in [0.3, 0.4) is 0 Å². The fourth-order valence-corrected chi connectivity index (χ4v) is 1.87.